The Morgan fingerprint density at radius 3 is 2.51 bits per heavy atom. The van der Waals surface area contributed by atoms with E-state index >= 15 is 0 Å². The van der Waals surface area contributed by atoms with Crippen LogP contribution in [0, 0.1) is 0 Å². The summed E-state index contributed by atoms with van der Waals surface area (Å²) in [5.74, 6) is -0.304. The zero-order valence-corrected chi connectivity index (χ0v) is 22.7. The lowest BCUT2D eigenvalue weighted by atomic mass is 9.96. The number of carbonyl (C=O) groups is 2. The smallest absolute Gasteiger partial charge is 0.338 e. The standard InChI is InChI=1S/C27H26N2O6S2/c1-6-34-26(32)23-15(2)28-27-29(24(23)18-8-10-19(36-5)11-9-18)25(31)22(37-27)14-17-7-12-20(35-16(3)30)21(13-17)33-4/h7-14,24H,6H2,1-5H3/b22-14-. The van der Waals surface area contributed by atoms with Crippen molar-refractivity contribution in [1.29, 1.82) is 0 Å². The maximum absolute atomic E-state index is 13.7. The van der Waals surface area contributed by atoms with E-state index in [-0.39, 0.29) is 17.9 Å². The predicted molar refractivity (Wildman–Crippen MR) is 143 cm³/mol. The average molecular weight is 539 g/mol. The normalized spacial score (nSPS) is 15.2. The third-order valence-electron chi connectivity index (χ3n) is 5.69. The highest BCUT2D eigenvalue weighted by atomic mass is 32.2. The van der Waals surface area contributed by atoms with Gasteiger partial charge in [-0.1, -0.05) is 29.5 Å². The van der Waals surface area contributed by atoms with Crippen molar-refractivity contribution < 1.29 is 23.8 Å². The molecule has 0 fully saturated rings. The van der Waals surface area contributed by atoms with Crippen LogP contribution in [0.4, 0.5) is 0 Å². The number of carbonyl (C=O) groups excluding carboxylic acids is 2. The summed E-state index contributed by atoms with van der Waals surface area (Å²) in [6, 6.07) is 12.1. The molecule has 2 aromatic carbocycles. The van der Waals surface area contributed by atoms with Gasteiger partial charge in [0.05, 0.1) is 35.6 Å². The first-order valence-corrected chi connectivity index (χ1v) is 13.5. The number of nitrogens with zero attached hydrogens (tertiary/aromatic N) is 2. The number of ether oxygens (including phenoxy) is 3. The molecule has 10 heteroatoms. The number of rotatable bonds is 7. The monoisotopic (exact) mass is 538 g/mol. The van der Waals surface area contributed by atoms with Gasteiger partial charge in [-0.3, -0.25) is 14.2 Å². The second kappa shape index (κ2) is 11.2. The molecule has 1 aliphatic rings. The van der Waals surface area contributed by atoms with Crippen LogP contribution < -0.4 is 24.4 Å². The zero-order chi connectivity index (χ0) is 26.7. The van der Waals surface area contributed by atoms with Gasteiger partial charge in [-0.2, -0.15) is 0 Å². The molecule has 1 unspecified atom stereocenters. The van der Waals surface area contributed by atoms with Crippen LogP contribution in [0.3, 0.4) is 0 Å². The summed E-state index contributed by atoms with van der Waals surface area (Å²) in [4.78, 5) is 44.2. The topological polar surface area (TPSA) is 96.2 Å². The van der Waals surface area contributed by atoms with Crippen LogP contribution in [-0.2, 0) is 14.3 Å². The van der Waals surface area contributed by atoms with Crippen molar-refractivity contribution in [1.82, 2.24) is 4.57 Å². The molecule has 1 aliphatic heterocycles. The number of hydrogen-bond donors (Lipinski definition) is 0. The van der Waals surface area contributed by atoms with Crippen LogP contribution in [0.2, 0.25) is 0 Å². The Kier molecular flexibility index (Phi) is 7.99. The Labute approximate surface area is 221 Å². The molecular weight excluding hydrogens is 512 g/mol. The minimum atomic E-state index is -0.672. The van der Waals surface area contributed by atoms with E-state index in [2.05, 4.69) is 4.99 Å². The molecule has 0 amide bonds. The molecule has 4 rings (SSSR count). The van der Waals surface area contributed by atoms with E-state index in [1.807, 2.05) is 30.5 Å². The molecule has 0 bridgehead atoms. The molecule has 37 heavy (non-hydrogen) atoms. The van der Waals surface area contributed by atoms with Crippen LogP contribution in [0.15, 0.2) is 68.4 Å². The summed E-state index contributed by atoms with van der Waals surface area (Å²) in [7, 11) is 1.47. The van der Waals surface area contributed by atoms with E-state index in [1.165, 1.54) is 25.4 Å². The molecule has 2 heterocycles. The first kappa shape index (κ1) is 26.4. The van der Waals surface area contributed by atoms with Gasteiger partial charge in [0.25, 0.3) is 5.56 Å². The Bertz CT molecular complexity index is 1570. The third kappa shape index (κ3) is 5.40. The van der Waals surface area contributed by atoms with Crippen molar-refractivity contribution in [2.24, 2.45) is 4.99 Å². The highest BCUT2D eigenvalue weighted by molar-refractivity contribution is 7.98. The lowest BCUT2D eigenvalue weighted by molar-refractivity contribution is -0.139. The number of benzene rings is 2. The van der Waals surface area contributed by atoms with Gasteiger partial charge < -0.3 is 14.2 Å². The molecule has 192 valence electrons. The number of hydrogen-bond acceptors (Lipinski definition) is 9. The average Bonchev–Trinajstić information content (AvgIpc) is 3.18. The van der Waals surface area contributed by atoms with Gasteiger partial charge in [-0.25, -0.2) is 9.79 Å². The summed E-state index contributed by atoms with van der Waals surface area (Å²) >= 11 is 2.84. The van der Waals surface area contributed by atoms with Gasteiger partial charge in [-0.05, 0) is 61.6 Å². The van der Waals surface area contributed by atoms with E-state index in [1.54, 1.807) is 54.5 Å². The second-order valence-electron chi connectivity index (χ2n) is 8.08. The number of thiazole rings is 1. The molecule has 8 nitrogen and oxygen atoms in total. The van der Waals surface area contributed by atoms with Gasteiger partial charge in [0, 0.05) is 11.8 Å². The number of esters is 2. The predicted octanol–water partition coefficient (Wildman–Crippen LogP) is 3.45. The summed E-state index contributed by atoms with van der Waals surface area (Å²) in [6.07, 6.45) is 3.71. The van der Waals surface area contributed by atoms with E-state index in [4.69, 9.17) is 14.2 Å². The molecule has 0 aliphatic carbocycles. The second-order valence-corrected chi connectivity index (χ2v) is 9.97. The first-order valence-electron chi connectivity index (χ1n) is 11.5. The Morgan fingerprint density at radius 1 is 1.16 bits per heavy atom. The number of aromatic nitrogens is 1. The number of methoxy groups -OCH3 is 1. The highest BCUT2D eigenvalue weighted by Gasteiger charge is 2.33. The fraction of sp³-hybridized carbons (Fsp3) is 0.259. The first-order chi connectivity index (χ1) is 17.8. The van der Waals surface area contributed by atoms with Gasteiger partial charge in [0.2, 0.25) is 0 Å². The molecular formula is C27H26N2O6S2. The molecule has 3 aromatic rings. The lowest BCUT2D eigenvalue weighted by Gasteiger charge is -2.24. The van der Waals surface area contributed by atoms with Crippen LogP contribution >= 0.6 is 23.1 Å². The third-order valence-corrected chi connectivity index (χ3v) is 7.41. The summed E-state index contributed by atoms with van der Waals surface area (Å²) < 4.78 is 17.8. The highest BCUT2D eigenvalue weighted by Crippen LogP contribution is 2.32. The zero-order valence-electron chi connectivity index (χ0n) is 21.1. The Hall–Kier alpha value is -3.63. The van der Waals surface area contributed by atoms with Gasteiger partial charge in [-0.15, -0.1) is 11.8 Å². The van der Waals surface area contributed by atoms with Crippen LogP contribution in [0.25, 0.3) is 6.08 Å². The van der Waals surface area contributed by atoms with E-state index in [0.717, 1.165) is 10.5 Å². The fourth-order valence-electron chi connectivity index (χ4n) is 4.06. The molecule has 0 saturated carbocycles. The van der Waals surface area contributed by atoms with Crippen molar-refractivity contribution in [3.05, 3.63) is 84.5 Å². The maximum atomic E-state index is 13.7. The van der Waals surface area contributed by atoms with Crippen molar-refractivity contribution in [3.63, 3.8) is 0 Å². The van der Waals surface area contributed by atoms with Crippen molar-refractivity contribution in [3.8, 4) is 11.5 Å². The van der Waals surface area contributed by atoms with E-state index in [0.29, 0.717) is 31.9 Å². The summed E-state index contributed by atoms with van der Waals surface area (Å²) in [5, 5.41) is 0. The number of fused-ring (bicyclic) bond motifs is 1. The number of thioether (sulfide) groups is 1. The van der Waals surface area contributed by atoms with Gasteiger partial charge in [0.15, 0.2) is 16.3 Å². The molecule has 0 saturated heterocycles. The van der Waals surface area contributed by atoms with Crippen molar-refractivity contribution in [2.75, 3.05) is 20.0 Å². The lowest BCUT2D eigenvalue weighted by Crippen LogP contribution is -2.39. The van der Waals surface area contributed by atoms with E-state index in [9.17, 15) is 14.4 Å². The molecule has 1 atom stereocenters. The fourth-order valence-corrected chi connectivity index (χ4v) is 5.51. The largest absolute Gasteiger partial charge is 0.493 e. The molecule has 0 N–H and O–H groups in total. The molecule has 1 aromatic heterocycles. The number of allylic oxidation sites excluding steroid dienone is 1. The maximum Gasteiger partial charge on any atom is 0.338 e. The minimum absolute atomic E-state index is 0.212. The van der Waals surface area contributed by atoms with Crippen molar-refractivity contribution in [2.45, 2.75) is 31.7 Å². The van der Waals surface area contributed by atoms with Crippen LogP contribution in [0.5, 0.6) is 11.5 Å². The Balaban J connectivity index is 1.88. The van der Waals surface area contributed by atoms with Crippen molar-refractivity contribution >= 4 is 41.1 Å². The summed E-state index contributed by atoms with van der Waals surface area (Å²) in [5.41, 5.74) is 2.04. The van der Waals surface area contributed by atoms with Crippen LogP contribution in [0.1, 0.15) is 37.9 Å². The Morgan fingerprint density at radius 2 is 1.89 bits per heavy atom. The van der Waals surface area contributed by atoms with Gasteiger partial charge >= 0.3 is 11.9 Å². The van der Waals surface area contributed by atoms with E-state index < -0.39 is 18.0 Å². The SMILES string of the molecule is CCOC(=O)C1=C(C)N=c2s/c(=C\c3ccc(OC(C)=O)c(OC)c3)c(=O)n2C1c1ccc(SC)cc1. The van der Waals surface area contributed by atoms with Gasteiger partial charge in [0.1, 0.15) is 0 Å². The quantitative estimate of drug-likeness (QED) is 0.258. The molecule has 0 spiro atoms. The molecule has 0 radical (unpaired) electrons. The minimum Gasteiger partial charge on any atom is -0.493 e. The summed E-state index contributed by atoms with van der Waals surface area (Å²) in [6.45, 7) is 5.02. The van der Waals surface area contributed by atoms with Crippen LogP contribution in [-0.4, -0.2) is 36.5 Å².